The molecule has 2 N–H and O–H groups in total. The predicted octanol–water partition coefficient (Wildman–Crippen LogP) is 2.66. The van der Waals surface area contributed by atoms with Crippen molar-refractivity contribution in [1.29, 1.82) is 0 Å². The molecule has 1 aliphatic carbocycles. The number of aliphatic imine (C=N–C) groups is 1. The molecule has 3 atom stereocenters. The summed E-state index contributed by atoms with van der Waals surface area (Å²) in [5.74, 6) is 1.61. The van der Waals surface area contributed by atoms with Crippen molar-refractivity contribution in [3.8, 4) is 0 Å². The Labute approximate surface area is 178 Å². The van der Waals surface area contributed by atoms with Gasteiger partial charge in [0.1, 0.15) is 0 Å². The van der Waals surface area contributed by atoms with E-state index in [1.807, 2.05) is 6.92 Å². The molecule has 0 radical (unpaired) electrons. The van der Waals surface area contributed by atoms with E-state index in [0.717, 1.165) is 70.2 Å². The second-order valence-electron chi connectivity index (χ2n) is 7.72. The zero-order chi connectivity index (χ0) is 20.5. The van der Waals surface area contributed by atoms with E-state index in [4.69, 9.17) is 9.73 Å². The van der Waals surface area contributed by atoms with E-state index < -0.39 is 10.8 Å². The van der Waals surface area contributed by atoms with Gasteiger partial charge in [-0.15, -0.1) is 0 Å². The number of nitrogens with zero attached hydrogens (tertiary/aromatic N) is 2. The summed E-state index contributed by atoms with van der Waals surface area (Å²) in [6.45, 7) is 8.99. The van der Waals surface area contributed by atoms with Gasteiger partial charge >= 0.3 is 0 Å². The number of benzene rings is 1. The summed E-state index contributed by atoms with van der Waals surface area (Å²) in [4.78, 5) is 7.27. The molecule has 1 aliphatic heterocycles. The average Bonchev–Trinajstić information content (AvgIpc) is 2.78. The van der Waals surface area contributed by atoms with Crippen molar-refractivity contribution in [2.75, 3.05) is 43.5 Å². The number of ether oxygens (including phenoxy) is 1. The Bertz CT molecular complexity index is 691. The zero-order valence-corrected chi connectivity index (χ0v) is 18.7. The lowest BCUT2D eigenvalue weighted by atomic mass is 9.95. The lowest BCUT2D eigenvalue weighted by Crippen LogP contribution is -2.46. The number of rotatable bonds is 7. The quantitative estimate of drug-likeness (QED) is 0.524. The molecule has 1 aromatic rings. The van der Waals surface area contributed by atoms with Crippen LogP contribution in [0.25, 0.3) is 0 Å². The van der Waals surface area contributed by atoms with Crippen molar-refractivity contribution in [3.05, 3.63) is 29.8 Å². The van der Waals surface area contributed by atoms with E-state index in [-0.39, 0.29) is 0 Å². The molecule has 3 unspecified atom stereocenters. The lowest BCUT2D eigenvalue weighted by Gasteiger charge is -2.31. The summed E-state index contributed by atoms with van der Waals surface area (Å²) < 4.78 is 17.7. The van der Waals surface area contributed by atoms with Gasteiger partial charge in [-0.1, -0.05) is 31.5 Å². The van der Waals surface area contributed by atoms with Crippen LogP contribution in [0.2, 0.25) is 0 Å². The lowest BCUT2D eigenvalue weighted by molar-refractivity contribution is 0.122. The minimum atomic E-state index is -0.708. The summed E-state index contributed by atoms with van der Waals surface area (Å²) >= 11 is 0. The fourth-order valence-corrected chi connectivity index (χ4v) is 5.53. The van der Waals surface area contributed by atoms with Crippen LogP contribution in [0.5, 0.6) is 0 Å². The molecule has 7 heteroatoms. The maximum absolute atomic E-state index is 12.2. The Morgan fingerprint density at radius 2 is 2.03 bits per heavy atom. The van der Waals surface area contributed by atoms with Crippen LogP contribution in [0.4, 0.5) is 5.69 Å². The minimum absolute atomic E-state index is 0.316. The number of morpholine rings is 1. The molecule has 162 valence electrons. The highest BCUT2D eigenvalue weighted by Crippen LogP contribution is 2.24. The van der Waals surface area contributed by atoms with E-state index >= 15 is 0 Å². The number of hydrogen-bond donors (Lipinski definition) is 2. The molecule has 2 aliphatic rings. The van der Waals surface area contributed by atoms with E-state index in [9.17, 15) is 4.21 Å². The van der Waals surface area contributed by atoms with E-state index in [2.05, 4.69) is 46.7 Å². The van der Waals surface area contributed by atoms with Crippen molar-refractivity contribution >= 4 is 22.4 Å². The van der Waals surface area contributed by atoms with Gasteiger partial charge in [0.2, 0.25) is 0 Å². The third-order valence-corrected chi connectivity index (χ3v) is 7.46. The highest BCUT2D eigenvalue weighted by atomic mass is 32.2. The molecule has 2 fully saturated rings. The van der Waals surface area contributed by atoms with Crippen molar-refractivity contribution in [3.63, 3.8) is 0 Å². The summed E-state index contributed by atoms with van der Waals surface area (Å²) in [6.07, 6.45) is 4.30. The van der Waals surface area contributed by atoms with Crippen LogP contribution in [-0.4, -0.2) is 60.1 Å². The molecule has 0 spiro atoms. The van der Waals surface area contributed by atoms with Gasteiger partial charge in [-0.3, -0.25) is 4.21 Å². The maximum Gasteiger partial charge on any atom is 0.191 e. The van der Waals surface area contributed by atoms with Gasteiger partial charge in [0.05, 0.1) is 19.8 Å². The first-order valence-electron chi connectivity index (χ1n) is 11.0. The molecular formula is C22H36N4O2S. The largest absolute Gasteiger partial charge is 0.378 e. The van der Waals surface area contributed by atoms with Gasteiger partial charge in [0.15, 0.2) is 5.96 Å². The maximum atomic E-state index is 12.2. The van der Waals surface area contributed by atoms with Gasteiger partial charge in [-0.05, 0) is 37.8 Å². The van der Waals surface area contributed by atoms with Crippen LogP contribution >= 0.6 is 0 Å². The second kappa shape index (κ2) is 11.6. The van der Waals surface area contributed by atoms with E-state index in [0.29, 0.717) is 17.8 Å². The smallest absolute Gasteiger partial charge is 0.191 e. The molecule has 1 saturated carbocycles. The van der Waals surface area contributed by atoms with Crippen molar-refractivity contribution in [1.82, 2.24) is 10.6 Å². The van der Waals surface area contributed by atoms with E-state index in [1.165, 1.54) is 11.3 Å². The summed E-state index contributed by atoms with van der Waals surface area (Å²) in [5.41, 5.74) is 2.49. The van der Waals surface area contributed by atoms with Crippen molar-refractivity contribution in [2.24, 2.45) is 4.99 Å². The van der Waals surface area contributed by atoms with Crippen LogP contribution in [0, 0.1) is 0 Å². The Hall–Kier alpha value is -1.60. The molecule has 1 heterocycles. The third-order valence-electron chi connectivity index (χ3n) is 5.72. The molecule has 0 bridgehead atoms. The highest BCUT2D eigenvalue weighted by molar-refractivity contribution is 7.85. The van der Waals surface area contributed by atoms with Crippen LogP contribution < -0.4 is 15.5 Å². The normalized spacial score (nSPS) is 24.2. The molecule has 1 saturated heterocycles. The van der Waals surface area contributed by atoms with Crippen LogP contribution in [0.3, 0.4) is 0 Å². The molecule has 6 nitrogen and oxygen atoms in total. The Kier molecular flexibility index (Phi) is 8.80. The standard InChI is InChI=1S/C22H36N4O2S/c1-3-23-22(25-19-9-7-10-20(16-19)29(27)4-2)24-17-18-8-5-6-11-21(18)26-12-14-28-15-13-26/h5-6,8,11,19-20H,3-4,7,9-10,12-17H2,1-2H3,(H2,23,24,25). The number of para-hydroxylation sites is 1. The summed E-state index contributed by atoms with van der Waals surface area (Å²) in [6, 6.07) is 8.87. The molecular weight excluding hydrogens is 384 g/mol. The zero-order valence-electron chi connectivity index (χ0n) is 17.9. The first-order chi connectivity index (χ1) is 14.2. The summed E-state index contributed by atoms with van der Waals surface area (Å²) in [7, 11) is -0.708. The fraction of sp³-hybridized carbons (Fsp3) is 0.682. The van der Waals surface area contributed by atoms with Crippen LogP contribution in [0.1, 0.15) is 45.1 Å². The van der Waals surface area contributed by atoms with Crippen LogP contribution in [0.15, 0.2) is 29.3 Å². The molecule has 29 heavy (non-hydrogen) atoms. The Morgan fingerprint density at radius 3 is 2.79 bits per heavy atom. The van der Waals surface area contributed by atoms with Gasteiger partial charge in [-0.25, -0.2) is 4.99 Å². The van der Waals surface area contributed by atoms with Gasteiger partial charge in [0.25, 0.3) is 0 Å². The van der Waals surface area contributed by atoms with Gasteiger partial charge in [0, 0.05) is 53.2 Å². The Balaban J connectivity index is 1.66. The van der Waals surface area contributed by atoms with Crippen molar-refractivity contribution in [2.45, 2.75) is 57.4 Å². The third kappa shape index (κ3) is 6.44. The molecule has 1 aromatic carbocycles. The number of nitrogens with one attached hydrogen (secondary N) is 2. The molecule has 0 aromatic heterocycles. The average molecular weight is 421 g/mol. The second-order valence-corrected chi connectivity index (χ2v) is 9.73. The SMILES string of the molecule is CCNC(=NCc1ccccc1N1CCOCC1)NC1CCCC(S(=O)CC)C1. The fourth-order valence-electron chi connectivity index (χ4n) is 4.19. The topological polar surface area (TPSA) is 66.0 Å². The van der Waals surface area contributed by atoms with Gasteiger partial charge < -0.3 is 20.3 Å². The van der Waals surface area contributed by atoms with Crippen LogP contribution in [-0.2, 0) is 22.1 Å². The Morgan fingerprint density at radius 1 is 1.24 bits per heavy atom. The number of guanidine groups is 1. The summed E-state index contributed by atoms with van der Waals surface area (Å²) in [5, 5.41) is 7.31. The highest BCUT2D eigenvalue weighted by Gasteiger charge is 2.26. The monoisotopic (exact) mass is 420 g/mol. The number of anilines is 1. The molecule has 3 rings (SSSR count). The van der Waals surface area contributed by atoms with E-state index in [1.54, 1.807) is 0 Å². The molecule has 0 amide bonds. The predicted molar refractivity (Wildman–Crippen MR) is 122 cm³/mol. The first kappa shape index (κ1) is 22.1. The minimum Gasteiger partial charge on any atom is -0.378 e. The van der Waals surface area contributed by atoms with Crippen molar-refractivity contribution < 1.29 is 8.95 Å². The number of hydrogen-bond acceptors (Lipinski definition) is 4. The first-order valence-corrected chi connectivity index (χ1v) is 12.4. The van der Waals surface area contributed by atoms with Gasteiger partial charge in [-0.2, -0.15) is 0 Å².